The molecule has 112 valence electrons. The van der Waals surface area contributed by atoms with Crippen molar-refractivity contribution in [2.45, 2.75) is 57.9 Å². The first kappa shape index (κ1) is 15.4. The Bertz CT molecular complexity index is 389. The zero-order valence-corrected chi connectivity index (χ0v) is 13.2. The van der Waals surface area contributed by atoms with Crippen LogP contribution in [0.15, 0.2) is 24.3 Å². The number of piperidine rings is 1. The molecule has 1 atom stereocenters. The average Bonchev–Trinajstić information content (AvgIpc) is 2.52. The fraction of sp³-hybridized carbons (Fsp3) is 0.667. The summed E-state index contributed by atoms with van der Waals surface area (Å²) in [5, 5.41) is 3.32. The van der Waals surface area contributed by atoms with Gasteiger partial charge in [0, 0.05) is 18.8 Å². The van der Waals surface area contributed by atoms with Crippen molar-refractivity contribution in [1.82, 2.24) is 4.90 Å². The van der Waals surface area contributed by atoms with Gasteiger partial charge in [-0.05, 0) is 56.8 Å². The second kappa shape index (κ2) is 8.31. The minimum absolute atomic E-state index is 0.806. The third-order valence-corrected chi connectivity index (χ3v) is 4.58. The molecule has 1 fully saturated rings. The van der Waals surface area contributed by atoms with Crippen molar-refractivity contribution in [2.24, 2.45) is 0 Å². The van der Waals surface area contributed by atoms with Gasteiger partial charge in [-0.2, -0.15) is 0 Å². The fourth-order valence-electron chi connectivity index (χ4n) is 3.35. The van der Waals surface area contributed by atoms with Crippen LogP contribution >= 0.6 is 0 Å². The van der Waals surface area contributed by atoms with Crippen LogP contribution < -0.4 is 5.32 Å². The number of likely N-dealkylation sites (tertiary alicyclic amines) is 1. The van der Waals surface area contributed by atoms with Crippen LogP contribution in [0.3, 0.4) is 0 Å². The fourth-order valence-corrected chi connectivity index (χ4v) is 3.35. The Morgan fingerprint density at radius 2 is 2.10 bits per heavy atom. The number of benzene rings is 1. The number of unbranched alkanes of at least 4 members (excludes halogenated alkanes) is 1. The van der Waals surface area contributed by atoms with E-state index in [1.165, 1.54) is 69.3 Å². The van der Waals surface area contributed by atoms with Gasteiger partial charge in [-0.1, -0.05) is 38.0 Å². The van der Waals surface area contributed by atoms with E-state index in [1.54, 1.807) is 0 Å². The summed E-state index contributed by atoms with van der Waals surface area (Å²) in [6.07, 6.45) is 9.38. The maximum Gasteiger partial charge on any atom is 0.0370 e. The standard InChI is InChI=1S/C18H30N2/c1-3-4-14-20-15-8-7-10-17(20)13-12-16-9-5-6-11-18(16)19-2/h5-6,9,11,17,19H,3-4,7-8,10,12-15H2,1-2H3. The first-order valence-electron chi connectivity index (χ1n) is 8.35. The lowest BCUT2D eigenvalue weighted by Crippen LogP contribution is -2.40. The Kier molecular flexibility index (Phi) is 6.38. The molecule has 1 unspecified atom stereocenters. The molecule has 1 aromatic carbocycles. The van der Waals surface area contributed by atoms with Crippen LogP contribution in [0, 0.1) is 0 Å². The SMILES string of the molecule is CCCCN1CCCCC1CCc1ccccc1NC. The smallest absolute Gasteiger partial charge is 0.0370 e. The molecule has 1 aliphatic rings. The topological polar surface area (TPSA) is 15.3 Å². The van der Waals surface area contributed by atoms with Gasteiger partial charge >= 0.3 is 0 Å². The van der Waals surface area contributed by atoms with Gasteiger partial charge in [-0.3, -0.25) is 0 Å². The Labute approximate surface area is 124 Å². The summed E-state index contributed by atoms with van der Waals surface area (Å²) in [6, 6.07) is 9.53. The quantitative estimate of drug-likeness (QED) is 0.797. The van der Waals surface area contributed by atoms with Crippen molar-refractivity contribution >= 4 is 5.69 Å². The third kappa shape index (κ3) is 4.24. The molecule has 1 saturated heterocycles. The van der Waals surface area contributed by atoms with E-state index in [-0.39, 0.29) is 0 Å². The van der Waals surface area contributed by atoms with Crippen LogP contribution in [0.2, 0.25) is 0 Å². The van der Waals surface area contributed by atoms with E-state index in [0.29, 0.717) is 0 Å². The van der Waals surface area contributed by atoms with Crippen molar-refractivity contribution in [1.29, 1.82) is 0 Å². The van der Waals surface area contributed by atoms with Crippen molar-refractivity contribution in [3.8, 4) is 0 Å². The summed E-state index contributed by atoms with van der Waals surface area (Å²) in [5.41, 5.74) is 2.76. The summed E-state index contributed by atoms with van der Waals surface area (Å²) in [7, 11) is 2.02. The van der Waals surface area contributed by atoms with Gasteiger partial charge in [-0.25, -0.2) is 0 Å². The molecule has 0 bridgehead atoms. The molecule has 0 aliphatic carbocycles. The number of rotatable bonds is 7. The van der Waals surface area contributed by atoms with Gasteiger partial charge in [0.25, 0.3) is 0 Å². The first-order chi connectivity index (χ1) is 9.85. The largest absolute Gasteiger partial charge is 0.388 e. The molecule has 0 saturated carbocycles. The van der Waals surface area contributed by atoms with Gasteiger partial charge in [0.2, 0.25) is 0 Å². The molecular formula is C18H30N2. The summed E-state index contributed by atoms with van der Waals surface area (Å²) in [5.74, 6) is 0. The first-order valence-corrected chi connectivity index (χ1v) is 8.35. The molecule has 0 aromatic heterocycles. The van der Waals surface area contributed by atoms with E-state index >= 15 is 0 Å². The molecular weight excluding hydrogens is 244 g/mol. The summed E-state index contributed by atoms with van der Waals surface area (Å²) < 4.78 is 0. The Hall–Kier alpha value is -1.02. The molecule has 20 heavy (non-hydrogen) atoms. The highest BCUT2D eigenvalue weighted by Gasteiger charge is 2.21. The number of para-hydroxylation sites is 1. The maximum absolute atomic E-state index is 3.32. The highest BCUT2D eigenvalue weighted by molar-refractivity contribution is 5.50. The van der Waals surface area contributed by atoms with Crippen LogP contribution in [-0.4, -0.2) is 31.1 Å². The van der Waals surface area contributed by atoms with E-state index in [9.17, 15) is 0 Å². The molecule has 2 nitrogen and oxygen atoms in total. The van der Waals surface area contributed by atoms with E-state index in [2.05, 4.69) is 41.4 Å². The predicted octanol–water partition coefficient (Wildman–Crippen LogP) is 4.32. The molecule has 1 N–H and O–H groups in total. The number of anilines is 1. The highest BCUT2D eigenvalue weighted by Crippen LogP contribution is 2.24. The number of nitrogens with one attached hydrogen (secondary N) is 1. The molecule has 1 aliphatic heterocycles. The normalized spacial score (nSPS) is 20.0. The lowest BCUT2D eigenvalue weighted by molar-refractivity contribution is 0.138. The Balaban J connectivity index is 1.90. The lowest BCUT2D eigenvalue weighted by Gasteiger charge is -2.36. The average molecular weight is 274 g/mol. The maximum atomic E-state index is 3.32. The Morgan fingerprint density at radius 3 is 2.90 bits per heavy atom. The molecule has 2 rings (SSSR count). The van der Waals surface area contributed by atoms with Crippen molar-refractivity contribution < 1.29 is 0 Å². The van der Waals surface area contributed by atoms with Crippen molar-refractivity contribution in [3.63, 3.8) is 0 Å². The van der Waals surface area contributed by atoms with E-state index in [4.69, 9.17) is 0 Å². The van der Waals surface area contributed by atoms with Crippen molar-refractivity contribution in [2.75, 3.05) is 25.5 Å². The lowest BCUT2D eigenvalue weighted by atomic mass is 9.95. The van der Waals surface area contributed by atoms with Crippen LogP contribution in [0.25, 0.3) is 0 Å². The zero-order chi connectivity index (χ0) is 14.2. The van der Waals surface area contributed by atoms with Crippen LogP contribution in [0.1, 0.15) is 51.0 Å². The molecule has 1 heterocycles. The molecule has 0 spiro atoms. The summed E-state index contributed by atoms with van der Waals surface area (Å²) in [6.45, 7) is 4.91. The Morgan fingerprint density at radius 1 is 1.25 bits per heavy atom. The second-order valence-corrected chi connectivity index (χ2v) is 5.98. The summed E-state index contributed by atoms with van der Waals surface area (Å²) >= 11 is 0. The molecule has 0 amide bonds. The van der Waals surface area contributed by atoms with E-state index in [1.807, 2.05) is 7.05 Å². The van der Waals surface area contributed by atoms with Crippen molar-refractivity contribution in [3.05, 3.63) is 29.8 Å². The van der Waals surface area contributed by atoms with Crippen LogP contribution in [-0.2, 0) is 6.42 Å². The van der Waals surface area contributed by atoms with Gasteiger partial charge in [0.15, 0.2) is 0 Å². The number of hydrogen-bond donors (Lipinski definition) is 1. The molecule has 2 heteroatoms. The van der Waals surface area contributed by atoms with Gasteiger partial charge in [0.1, 0.15) is 0 Å². The monoisotopic (exact) mass is 274 g/mol. The molecule has 0 radical (unpaired) electrons. The highest BCUT2D eigenvalue weighted by atomic mass is 15.2. The number of hydrogen-bond acceptors (Lipinski definition) is 2. The summed E-state index contributed by atoms with van der Waals surface area (Å²) in [4.78, 5) is 2.75. The molecule has 1 aromatic rings. The van der Waals surface area contributed by atoms with Gasteiger partial charge in [-0.15, -0.1) is 0 Å². The second-order valence-electron chi connectivity index (χ2n) is 5.98. The van der Waals surface area contributed by atoms with Crippen LogP contribution in [0.4, 0.5) is 5.69 Å². The zero-order valence-electron chi connectivity index (χ0n) is 13.2. The van der Waals surface area contributed by atoms with E-state index < -0.39 is 0 Å². The van der Waals surface area contributed by atoms with Crippen LogP contribution in [0.5, 0.6) is 0 Å². The minimum atomic E-state index is 0.806. The third-order valence-electron chi connectivity index (χ3n) is 4.58. The van der Waals surface area contributed by atoms with E-state index in [0.717, 1.165) is 6.04 Å². The predicted molar refractivity (Wildman–Crippen MR) is 88.4 cm³/mol. The minimum Gasteiger partial charge on any atom is -0.388 e. The number of nitrogens with zero attached hydrogens (tertiary/aromatic N) is 1. The van der Waals surface area contributed by atoms with Gasteiger partial charge in [0.05, 0.1) is 0 Å². The van der Waals surface area contributed by atoms with Gasteiger partial charge < -0.3 is 10.2 Å². The number of aryl methyl sites for hydroxylation is 1.